The first-order valence-corrected chi connectivity index (χ1v) is 0. The highest BCUT2D eigenvalue weighted by Crippen LogP contribution is 0.861. The highest BCUT2D eigenvalue weighted by atomic mass is 31.0. The van der Waals surface area contributed by atoms with Crippen LogP contribution in [0.15, 0.2) is 0 Å². The normalized spacial score (nSPS) is 0. The summed E-state index contributed by atoms with van der Waals surface area (Å²) in [5, 5.41) is 0. The van der Waals surface area contributed by atoms with Gasteiger partial charge < -0.3 is 11.0 Å². The zero-order chi connectivity index (χ0) is 0. The van der Waals surface area contributed by atoms with E-state index in [0.717, 1.165) is 0 Å². The Morgan fingerprint density at radius 2 is 0.750 bits per heavy atom. The standard InChI is InChI=1S/2H2O.H3P.H4Si/h2*1H2;1H3;1H4. The van der Waals surface area contributed by atoms with Crippen LogP contribution in [0.5, 0.6) is 0 Å². The van der Waals surface area contributed by atoms with E-state index in [1.54, 1.807) is 0 Å². The molecule has 0 radical (unpaired) electrons. The van der Waals surface area contributed by atoms with Crippen molar-refractivity contribution in [1.82, 2.24) is 0 Å². The Morgan fingerprint density at radius 1 is 0.750 bits per heavy atom. The summed E-state index contributed by atoms with van der Waals surface area (Å²) in [6.45, 7) is 0. The predicted octanol–water partition coefficient (Wildman–Crippen LogP) is -3.04. The molecule has 0 aliphatic rings. The van der Waals surface area contributed by atoms with Gasteiger partial charge in [0.05, 0.1) is 0 Å². The van der Waals surface area contributed by atoms with Crippen molar-refractivity contribution in [3.63, 3.8) is 0 Å². The molecular weight excluding hydrogens is 91.1 g/mol. The Hall–Kier alpha value is 0.567. The Bertz CT molecular complexity index is 6.00. The Labute approximate surface area is 32.9 Å². The number of hydrogen-bond donors (Lipinski definition) is 0. The number of rotatable bonds is 0. The predicted molar refractivity (Wildman–Crippen MR) is 29.7 cm³/mol. The molecule has 0 aliphatic carbocycles. The van der Waals surface area contributed by atoms with Gasteiger partial charge in [-0.2, -0.15) is 9.90 Å². The van der Waals surface area contributed by atoms with Gasteiger partial charge in [-0.3, -0.25) is 0 Å². The van der Waals surface area contributed by atoms with Crippen molar-refractivity contribution in [1.29, 1.82) is 0 Å². The fourth-order valence-corrected chi connectivity index (χ4v) is 0. The summed E-state index contributed by atoms with van der Waals surface area (Å²) >= 11 is 0. The van der Waals surface area contributed by atoms with Crippen LogP contribution in [0.1, 0.15) is 0 Å². The smallest absolute Gasteiger partial charge is 0.0149 e. The van der Waals surface area contributed by atoms with E-state index in [2.05, 4.69) is 0 Å². The fourth-order valence-electron chi connectivity index (χ4n) is 0. The molecule has 4 heteroatoms. The summed E-state index contributed by atoms with van der Waals surface area (Å²) < 4.78 is 0. The quantitative estimate of drug-likeness (QED) is 0.230. The van der Waals surface area contributed by atoms with E-state index in [-0.39, 0.29) is 31.8 Å². The van der Waals surface area contributed by atoms with E-state index >= 15 is 0 Å². The molecule has 0 saturated carbocycles. The highest BCUT2D eigenvalue weighted by Gasteiger charge is -0.0148. The fraction of sp³-hybridized carbons (Fsp3) is 0. The molecule has 0 fully saturated rings. The molecule has 4 heavy (non-hydrogen) atoms. The average molecular weight is 102 g/mol. The molecule has 0 aromatic carbocycles. The van der Waals surface area contributed by atoms with Crippen molar-refractivity contribution >= 4 is 20.9 Å². The molecule has 0 amide bonds. The zero-order valence-corrected chi connectivity index (χ0v) is 3.12. The van der Waals surface area contributed by atoms with Gasteiger partial charge in [0, 0.05) is 0 Å². The second kappa shape index (κ2) is 73.1. The van der Waals surface area contributed by atoms with Crippen molar-refractivity contribution in [3.8, 4) is 0 Å². The van der Waals surface area contributed by atoms with Gasteiger partial charge in [-0.1, -0.05) is 0 Å². The third-order valence-corrected chi connectivity index (χ3v) is 0. The number of hydrogen-bond acceptors (Lipinski definition) is 0. The highest BCUT2D eigenvalue weighted by molar-refractivity contribution is 6.92. The summed E-state index contributed by atoms with van der Waals surface area (Å²) in [5.74, 6) is 0. The zero-order valence-electron chi connectivity index (χ0n) is 1.71. The van der Waals surface area contributed by atoms with Crippen LogP contribution in [0.25, 0.3) is 0 Å². The molecule has 4 N–H and O–H groups in total. The van der Waals surface area contributed by atoms with Crippen molar-refractivity contribution in [2.45, 2.75) is 0 Å². The molecule has 0 bridgehead atoms. The van der Waals surface area contributed by atoms with Crippen molar-refractivity contribution in [2.24, 2.45) is 0 Å². The van der Waals surface area contributed by atoms with Crippen molar-refractivity contribution in [3.05, 3.63) is 0 Å². The topological polar surface area (TPSA) is 63.0 Å². The summed E-state index contributed by atoms with van der Waals surface area (Å²) in [5.41, 5.74) is 0. The Kier molecular flexibility index (Phi) is 3310. The Balaban J connectivity index is 0. The molecular formula is H11O2PSi. The van der Waals surface area contributed by atoms with Gasteiger partial charge in [-0.15, -0.1) is 0 Å². The van der Waals surface area contributed by atoms with E-state index in [4.69, 9.17) is 0 Å². The summed E-state index contributed by atoms with van der Waals surface area (Å²) in [7, 11) is 0. The van der Waals surface area contributed by atoms with Gasteiger partial charge in [0.2, 0.25) is 0 Å². The van der Waals surface area contributed by atoms with Gasteiger partial charge in [0.1, 0.15) is 0 Å². The SMILES string of the molecule is O.O.P.[SiH4]. The second-order valence-corrected chi connectivity index (χ2v) is 0. The van der Waals surface area contributed by atoms with Gasteiger partial charge >= 0.3 is 0 Å². The van der Waals surface area contributed by atoms with Crippen LogP contribution in [0.3, 0.4) is 0 Å². The molecule has 0 saturated heterocycles. The molecule has 2 nitrogen and oxygen atoms in total. The van der Waals surface area contributed by atoms with Crippen LogP contribution in [-0.4, -0.2) is 21.9 Å². The largest absolute Gasteiger partial charge is 0.412 e. The first-order chi connectivity index (χ1) is 0. The van der Waals surface area contributed by atoms with Gasteiger partial charge in [0.15, 0.2) is 0 Å². The monoisotopic (exact) mass is 102 g/mol. The van der Waals surface area contributed by atoms with Crippen LogP contribution >= 0.6 is 9.90 Å². The summed E-state index contributed by atoms with van der Waals surface area (Å²) in [6, 6.07) is 0. The van der Waals surface area contributed by atoms with E-state index < -0.39 is 0 Å². The lowest BCUT2D eigenvalue weighted by Crippen LogP contribution is -0.381. The minimum Gasteiger partial charge on any atom is -0.412 e. The van der Waals surface area contributed by atoms with E-state index in [1.807, 2.05) is 0 Å². The van der Waals surface area contributed by atoms with Crippen LogP contribution < -0.4 is 0 Å². The van der Waals surface area contributed by atoms with Gasteiger partial charge in [-0.25, -0.2) is 0 Å². The summed E-state index contributed by atoms with van der Waals surface area (Å²) in [6.07, 6.45) is 0. The third kappa shape index (κ3) is 19.6. The second-order valence-electron chi connectivity index (χ2n) is 0. The average Bonchev–Trinajstić information content (AvgIpc) is 0. The first kappa shape index (κ1) is 181. The summed E-state index contributed by atoms with van der Waals surface area (Å²) in [4.78, 5) is 0. The van der Waals surface area contributed by atoms with E-state index in [1.165, 1.54) is 0 Å². The molecule has 0 heterocycles. The van der Waals surface area contributed by atoms with Gasteiger partial charge in [0.25, 0.3) is 0 Å². The lowest BCUT2D eigenvalue weighted by Gasteiger charge is -0.413. The maximum Gasteiger partial charge on any atom is -0.0149 e. The van der Waals surface area contributed by atoms with Crippen LogP contribution in [0.4, 0.5) is 0 Å². The molecule has 1 atom stereocenters. The maximum atomic E-state index is 0. The molecule has 0 aromatic rings. The lowest BCUT2D eigenvalue weighted by atomic mass is 16.0. The molecule has 0 rings (SSSR count). The lowest BCUT2D eigenvalue weighted by molar-refractivity contribution is 0.823. The van der Waals surface area contributed by atoms with Crippen molar-refractivity contribution in [2.75, 3.05) is 0 Å². The molecule has 1 unspecified atom stereocenters. The van der Waals surface area contributed by atoms with Crippen LogP contribution in [0, 0.1) is 0 Å². The molecule has 0 aliphatic heterocycles. The Morgan fingerprint density at radius 3 is 0.750 bits per heavy atom. The molecule has 0 aromatic heterocycles. The van der Waals surface area contributed by atoms with E-state index in [9.17, 15) is 0 Å². The van der Waals surface area contributed by atoms with E-state index in [0.29, 0.717) is 0 Å². The van der Waals surface area contributed by atoms with Crippen LogP contribution in [0.2, 0.25) is 0 Å². The molecule has 32 valence electrons. The van der Waals surface area contributed by atoms with Crippen molar-refractivity contribution < 1.29 is 11.0 Å². The maximum absolute atomic E-state index is 0. The first-order valence-electron chi connectivity index (χ1n) is 0. The van der Waals surface area contributed by atoms with Crippen LogP contribution in [-0.2, 0) is 0 Å². The molecule has 0 spiro atoms. The third-order valence-electron chi connectivity index (χ3n) is 0. The van der Waals surface area contributed by atoms with Gasteiger partial charge in [-0.05, 0) is 11.0 Å². The minimum absolute atomic E-state index is 0. The minimum atomic E-state index is 0.